The molecule has 3 aliphatic heterocycles. The molecule has 1 aromatic rings. The minimum atomic E-state index is -0.409. The Labute approximate surface area is 170 Å². The fraction of sp³-hybridized carbons (Fsp3) is 0.348. The van der Waals surface area contributed by atoms with Crippen molar-refractivity contribution in [3.8, 4) is 5.75 Å². The van der Waals surface area contributed by atoms with Crippen LogP contribution in [0.3, 0.4) is 0 Å². The van der Waals surface area contributed by atoms with E-state index in [1.165, 1.54) is 13.2 Å². The molecule has 152 valence electrons. The van der Waals surface area contributed by atoms with E-state index in [1.807, 2.05) is 12.3 Å². The number of halogens is 1. The van der Waals surface area contributed by atoms with Crippen LogP contribution in [0.2, 0.25) is 0 Å². The van der Waals surface area contributed by atoms with Crippen molar-refractivity contribution in [2.45, 2.75) is 13.3 Å². The van der Waals surface area contributed by atoms with Gasteiger partial charge in [-0.25, -0.2) is 4.39 Å². The van der Waals surface area contributed by atoms with Crippen molar-refractivity contribution < 1.29 is 13.9 Å². The largest absolute Gasteiger partial charge is 0.494 e. The van der Waals surface area contributed by atoms with Crippen molar-refractivity contribution in [2.24, 2.45) is 5.92 Å². The molecule has 6 heteroatoms. The third-order valence-electron chi connectivity index (χ3n) is 5.66. The quantitative estimate of drug-likeness (QED) is 0.853. The standard InChI is InChI=1S/C23H26FN3O2/c1-16-3-5-18-6-7-19(26-11-9-25-10-12-26)15-27(18)23(28)14-20(16)17-4-8-21(24)22(13-17)29-2/h4-8,13-16,25H,3,9-12H2,1-2H3. The summed E-state index contributed by atoms with van der Waals surface area (Å²) in [6.07, 6.45) is 10.6. The van der Waals surface area contributed by atoms with Crippen molar-refractivity contribution in [3.05, 3.63) is 71.5 Å². The van der Waals surface area contributed by atoms with E-state index in [0.29, 0.717) is 0 Å². The molecule has 4 rings (SSSR count). The summed E-state index contributed by atoms with van der Waals surface area (Å²) >= 11 is 0. The Morgan fingerprint density at radius 1 is 1.17 bits per heavy atom. The van der Waals surface area contributed by atoms with Crippen LogP contribution >= 0.6 is 0 Å². The van der Waals surface area contributed by atoms with Crippen LogP contribution in [0.5, 0.6) is 5.75 Å². The van der Waals surface area contributed by atoms with Crippen molar-refractivity contribution >= 4 is 11.5 Å². The highest BCUT2D eigenvalue weighted by Crippen LogP contribution is 2.33. The Morgan fingerprint density at radius 2 is 1.93 bits per heavy atom. The van der Waals surface area contributed by atoms with Crippen LogP contribution in [0, 0.1) is 11.7 Å². The maximum Gasteiger partial charge on any atom is 0.255 e. The maximum atomic E-state index is 13.8. The number of carbonyl (C=O) groups excluding carboxylic acids is 1. The van der Waals surface area contributed by atoms with Crippen LogP contribution in [0.15, 0.2) is 60.1 Å². The normalized spacial score (nSPS) is 22.2. The molecule has 0 radical (unpaired) electrons. The first-order chi connectivity index (χ1) is 14.1. The second-order valence-corrected chi connectivity index (χ2v) is 7.55. The van der Waals surface area contributed by atoms with Gasteiger partial charge in [-0.1, -0.05) is 19.1 Å². The van der Waals surface area contributed by atoms with E-state index in [9.17, 15) is 9.18 Å². The first-order valence-electron chi connectivity index (χ1n) is 10.0. The number of rotatable bonds is 3. The molecule has 0 bridgehead atoms. The van der Waals surface area contributed by atoms with E-state index in [-0.39, 0.29) is 17.6 Å². The first-order valence-corrected chi connectivity index (χ1v) is 10.0. The summed E-state index contributed by atoms with van der Waals surface area (Å²) in [5, 5.41) is 3.35. The fourth-order valence-corrected chi connectivity index (χ4v) is 3.94. The number of methoxy groups -OCH3 is 1. The van der Waals surface area contributed by atoms with Crippen LogP contribution < -0.4 is 10.1 Å². The van der Waals surface area contributed by atoms with Gasteiger partial charge in [-0.05, 0) is 47.8 Å². The molecule has 1 N–H and O–H groups in total. The van der Waals surface area contributed by atoms with Gasteiger partial charge < -0.3 is 15.0 Å². The van der Waals surface area contributed by atoms with E-state index in [1.54, 1.807) is 23.1 Å². The Hall–Kier alpha value is -2.86. The van der Waals surface area contributed by atoms with Gasteiger partial charge in [0.25, 0.3) is 5.91 Å². The monoisotopic (exact) mass is 395 g/mol. The lowest BCUT2D eigenvalue weighted by Gasteiger charge is -2.34. The summed E-state index contributed by atoms with van der Waals surface area (Å²) in [4.78, 5) is 17.2. The number of amides is 1. The van der Waals surface area contributed by atoms with Crippen LogP contribution in [0.4, 0.5) is 4.39 Å². The number of hydrogen-bond acceptors (Lipinski definition) is 4. The average molecular weight is 395 g/mol. The second-order valence-electron chi connectivity index (χ2n) is 7.55. The van der Waals surface area contributed by atoms with Crippen molar-refractivity contribution in [3.63, 3.8) is 0 Å². The highest BCUT2D eigenvalue weighted by molar-refractivity contribution is 5.98. The number of nitrogens with one attached hydrogen (secondary N) is 1. The molecule has 1 aromatic carbocycles. The minimum absolute atomic E-state index is 0.0990. The Kier molecular flexibility index (Phi) is 5.53. The predicted octanol–water partition coefficient (Wildman–Crippen LogP) is 3.29. The van der Waals surface area contributed by atoms with Gasteiger partial charge in [-0.3, -0.25) is 9.69 Å². The molecule has 0 aromatic heterocycles. The van der Waals surface area contributed by atoms with E-state index in [4.69, 9.17) is 4.74 Å². The number of carbonyl (C=O) groups is 1. The molecule has 1 atom stereocenters. The van der Waals surface area contributed by atoms with Gasteiger partial charge in [0.1, 0.15) is 0 Å². The van der Waals surface area contributed by atoms with Crippen LogP contribution in [0.1, 0.15) is 18.9 Å². The zero-order valence-corrected chi connectivity index (χ0v) is 16.8. The predicted molar refractivity (Wildman–Crippen MR) is 111 cm³/mol. The molecule has 3 aliphatic rings. The molecular weight excluding hydrogens is 369 g/mol. The topological polar surface area (TPSA) is 44.8 Å². The SMILES string of the molecule is COc1cc(C2=CC(=O)N3C=C(N4CCNCC4)C=CC3=CCC2C)ccc1F. The fourth-order valence-electron chi connectivity index (χ4n) is 3.94. The van der Waals surface area contributed by atoms with E-state index < -0.39 is 5.82 Å². The van der Waals surface area contributed by atoms with E-state index in [2.05, 4.69) is 29.3 Å². The molecule has 1 fully saturated rings. The lowest BCUT2D eigenvalue weighted by Crippen LogP contribution is -2.43. The molecule has 1 unspecified atom stereocenters. The molecule has 1 amide bonds. The van der Waals surface area contributed by atoms with Gasteiger partial charge >= 0.3 is 0 Å². The molecule has 1 saturated heterocycles. The number of allylic oxidation sites excluding steroid dienone is 4. The van der Waals surface area contributed by atoms with Gasteiger partial charge in [-0.15, -0.1) is 0 Å². The molecular formula is C23H26FN3O2. The molecule has 5 nitrogen and oxygen atoms in total. The van der Waals surface area contributed by atoms with E-state index >= 15 is 0 Å². The van der Waals surface area contributed by atoms with Gasteiger partial charge in [0.2, 0.25) is 0 Å². The van der Waals surface area contributed by atoms with Crippen LogP contribution in [-0.2, 0) is 4.79 Å². The molecule has 29 heavy (non-hydrogen) atoms. The third kappa shape index (κ3) is 3.98. The number of fused-ring (bicyclic) bond motifs is 1. The average Bonchev–Trinajstić information content (AvgIpc) is 2.76. The lowest BCUT2D eigenvalue weighted by molar-refractivity contribution is -0.122. The number of nitrogens with zero attached hydrogens (tertiary/aromatic N) is 2. The van der Waals surface area contributed by atoms with Crippen molar-refractivity contribution in [1.29, 1.82) is 0 Å². The zero-order valence-electron chi connectivity index (χ0n) is 16.8. The zero-order chi connectivity index (χ0) is 20.4. The third-order valence-corrected chi connectivity index (χ3v) is 5.66. The number of piperazine rings is 1. The summed E-state index contributed by atoms with van der Waals surface area (Å²) in [6, 6.07) is 4.76. The lowest BCUT2D eigenvalue weighted by atomic mass is 9.89. The minimum Gasteiger partial charge on any atom is -0.494 e. The van der Waals surface area contributed by atoms with Crippen LogP contribution in [-0.4, -0.2) is 49.0 Å². The van der Waals surface area contributed by atoms with Gasteiger partial charge in [-0.2, -0.15) is 0 Å². The molecule has 3 heterocycles. The smallest absolute Gasteiger partial charge is 0.255 e. The van der Waals surface area contributed by atoms with Gasteiger partial charge in [0.05, 0.1) is 12.8 Å². The van der Waals surface area contributed by atoms with E-state index in [0.717, 1.165) is 55.1 Å². The number of hydrogen-bond donors (Lipinski definition) is 1. The van der Waals surface area contributed by atoms with Crippen molar-refractivity contribution in [1.82, 2.24) is 15.1 Å². The second kappa shape index (κ2) is 8.25. The van der Waals surface area contributed by atoms with Gasteiger partial charge in [0, 0.05) is 44.2 Å². The summed E-state index contributed by atoms with van der Waals surface area (Å²) < 4.78 is 19.0. The number of benzene rings is 1. The highest BCUT2D eigenvalue weighted by atomic mass is 19.1. The summed E-state index contributed by atoms with van der Waals surface area (Å²) in [6.45, 7) is 5.80. The Balaban J connectivity index is 1.66. The summed E-state index contributed by atoms with van der Waals surface area (Å²) in [5.41, 5.74) is 3.63. The number of ether oxygens (including phenoxy) is 1. The molecule has 0 spiro atoms. The maximum absolute atomic E-state index is 13.8. The Bertz CT molecular complexity index is 926. The summed E-state index contributed by atoms with van der Waals surface area (Å²) in [7, 11) is 1.45. The van der Waals surface area contributed by atoms with Crippen molar-refractivity contribution in [2.75, 3.05) is 33.3 Å². The molecule has 0 aliphatic carbocycles. The molecule has 0 saturated carbocycles. The van der Waals surface area contributed by atoms with Gasteiger partial charge in [0.15, 0.2) is 11.6 Å². The Morgan fingerprint density at radius 3 is 2.69 bits per heavy atom. The first kappa shape index (κ1) is 19.5. The van der Waals surface area contributed by atoms with Crippen LogP contribution in [0.25, 0.3) is 5.57 Å². The highest BCUT2D eigenvalue weighted by Gasteiger charge is 2.24. The summed E-state index contributed by atoms with van der Waals surface area (Å²) in [5.74, 6) is -0.203.